The predicted molar refractivity (Wildman–Crippen MR) is 62.5 cm³/mol. The molecule has 0 aromatic carbocycles. The Morgan fingerprint density at radius 3 is 2.81 bits per heavy atom. The van der Waals surface area contributed by atoms with Gasteiger partial charge < -0.3 is 14.7 Å². The van der Waals surface area contributed by atoms with Gasteiger partial charge in [-0.3, -0.25) is 0 Å². The minimum atomic E-state index is -0.840. The van der Waals surface area contributed by atoms with Gasteiger partial charge in [0, 0.05) is 19.7 Å². The lowest BCUT2D eigenvalue weighted by molar-refractivity contribution is -0.150. The van der Waals surface area contributed by atoms with Crippen LogP contribution in [0.15, 0.2) is 0 Å². The minimum absolute atomic E-state index is 0.467. The maximum absolute atomic E-state index is 10.9. The summed E-state index contributed by atoms with van der Waals surface area (Å²) in [4.78, 5) is 13.2. The number of carboxylic acid groups (broad SMARTS) is 1. The van der Waals surface area contributed by atoms with Crippen molar-refractivity contribution in [2.75, 3.05) is 26.2 Å². The van der Waals surface area contributed by atoms with Crippen molar-refractivity contribution in [3.8, 4) is 0 Å². The molecule has 1 fully saturated rings. The van der Waals surface area contributed by atoms with E-state index in [0.29, 0.717) is 13.0 Å². The summed E-state index contributed by atoms with van der Waals surface area (Å²) in [7, 11) is 0. The van der Waals surface area contributed by atoms with Crippen LogP contribution in [0.3, 0.4) is 0 Å². The molecule has 0 saturated carbocycles. The molecule has 4 nitrogen and oxygen atoms in total. The number of likely N-dealkylation sites (tertiary alicyclic amines) is 1. The third kappa shape index (κ3) is 4.10. The zero-order valence-electron chi connectivity index (χ0n) is 10.3. The number of nitrogens with zero attached hydrogens (tertiary/aromatic N) is 1. The highest BCUT2D eigenvalue weighted by atomic mass is 16.5. The quantitative estimate of drug-likeness (QED) is 0.720. The van der Waals surface area contributed by atoms with E-state index in [1.54, 1.807) is 0 Å². The number of ether oxygens (including phenoxy) is 1. The summed E-state index contributed by atoms with van der Waals surface area (Å²) in [5, 5.41) is 8.93. The monoisotopic (exact) mass is 229 g/mol. The molecule has 1 heterocycles. The van der Waals surface area contributed by atoms with Gasteiger partial charge in [0.1, 0.15) is 0 Å². The van der Waals surface area contributed by atoms with Gasteiger partial charge in [0.15, 0.2) is 6.10 Å². The van der Waals surface area contributed by atoms with Crippen molar-refractivity contribution in [3.63, 3.8) is 0 Å². The Hall–Kier alpha value is -0.610. The van der Waals surface area contributed by atoms with Crippen molar-refractivity contribution < 1.29 is 14.6 Å². The molecule has 1 N–H and O–H groups in total. The van der Waals surface area contributed by atoms with E-state index >= 15 is 0 Å². The van der Waals surface area contributed by atoms with E-state index in [2.05, 4.69) is 11.8 Å². The molecule has 0 spiro atoms. The summed E-state index contributed by atoms with van der Waals surface area (Å²) in [5.74, 6) is -0.0385. The smallest absolute Gasteiger partial charge is 0.332 e. The fourth-order valence-corrected chi connectivity index (χ4v) is 2.23. The van der Waals surface area contributed by atoms with E-state index in [4.69, 9.17) is 9.84 Å². The summed E-state index contributed by atoms with van der Waals surface area (Å²) >= 11 is 0. The molecule has 1 aliphatic heterocycles. The number of aliphatic carboxylic acids is 1. The zero-order valence-corrected chi connectivity index (χ0v) is 10.3. The maximum atomic E-state index is 10.9. The molecule has 16 heavy (non-hydrogen) atoms. The van der Waals surface area contributed by atoms with Gasteiger partial charge in [0.25, 0.3) is 0 Å². The number of carbonyl (C=O) groups is 1. The number of rotatable bonds is 7. The first-order chi connectivity index (χ1) is 7.67. The van der Waals surface area contributed by atoms with E-state index in [9.17, 15) is 4.79 Å². The van der Waals surface area contributed by atoms with E-state index < -0.39 is 12.1 Å². The molecule has 0 bridgehead atoms. The highest BCUT2D eigenvalue weighted by Gasteiger charge is 2.23. The molecule has 1 aliphatic rings. The third-order valence-electron chi connectivity index (χ3n) is 3.30. The molecule has 4 heteroatoms. The van der Waals surface area contributed by atoms with Crippen LogP contribution >= 0.6 is 0 Å². The van der Waals surface area contributed by atoms with Crippen LogP contribution in [-0.4, -0.2) is 48.3 Å². The van der Waals surface area contributed by atoms with Gasteiger partial charge in [-0.25, -0.2) is 4.79 Å². The average molecular weight is 229 g/mol. The van der Waals surface area contributed by atoms with Crippen LogP contribution in [0.4, 0.5) is 0 Å². The van der Waals surface area contributed by atoms with Crippen LogP contribution in [0, 0.1) is 5.92 Å². The second kappa shape index (κ2) is 6.86. The number of hydrogen-bond donors (Lipinski definition) is 1. The number of hydrogen-bond acceptors (Lipinski definition) is 3. The molecule has 0 aromatic rings. The average Bonchev–Trinajstić information content (AvgIpc) is 2.71. The van der Waals surface area contributed by atoms with Crippen molar-refractivity contribution in [1.82, 2.24) is 4.90 Å². The third-order valence-corrected chi connectivity index (χ3v) is 3.30. The largest absolute Gasteiger partial charge is 0.479 e. The lowest BCUT2D eigenvalue weighted by Gasteiger charge is -2.18. The SMILES string of the molecule is CCOC(CCN1CCC(CC)C1)C(=O)O. The molecule has 0 amide bonds. The summed E-state index contributed by atoms with van der Waals surface area (Å²) in [6, 6.07) is 0. The van der Waals surface area contributed by atoms with E-state index in [0.717, 1.165) is 25.6 Å². The molecule has 94 valence electrons. The minimum Gasteiger partial charge on any atom is -0.479 e. The highest BCUT2D eigenvalue weighted by molar-refractivity contribution is 5.72. The van der Waals surface area contributed by atoms with Gasteiger partial charge in [0.2, 0.25) is 0 Å². The molecule has 2 atom stereocenters. The Morgan fingerprint density at radius 2 is 2.31 bits per heavy atom. The van der Waals surface area contributed by atoms with Crippen LogP contribution in [0.5, 0.6) is 0 Å². The lowest BCUT2D eigenvalue weighted by atomic mass is 10.1. The standard InChI is InChI=1S/C12H23NO3/c1-3-10-5-7-13(9-10)8-6-11(12(14)15)16-4-2/h10-11H,3-9H2,1-2H3,(H,14,15). The second-order valence-corrected chi connectivity index (χ2v) is 4.43. The van der Waals surface area contributed by atoms with E-state index in [1.165, 1.54) is 12.8 Å². The molecular weight excluding hydrogens is 206 g/mol. The van der Waals surface area contributed by atoms with Crippen molar-refractivity contribution in [2.24, 2.45) is 5.92 Å². The van der Waals surface area contributed by atoms with Gasteiger partial charge in [-0.2, -0.15) is 0 Å². The van der Waals surface area contributed by atoms with Crippen LogP contribution in [0.1, 0.15) is 33.1 Å². The van der Waals surface area contributed by atoms with Gasteiger partial charge in [0.05, 0.1) is 0 Å². The molecule has 0 aliphatic carbocycles. The van der Waals surface area contributed by atoms with Crippen LogP contribution in [-0.2, 0) is 9.53 Å². The molecule has 0 radical (unpaired) electrons. The van der Waals surface area contributed by atoms with Gasteiger partial charge >= 0.3 is 5.97 Å². The normalized spacial score (nSPS) is 23.5. The first-order valence-electron chi connectivity index (χ1n) is 6.24. The predicted octanol–water partition coefficient (Wildman–Crippen LogP) is 1.60. The first-order valence-corrected chi connectivity index (χ1v) is 6.24. The summed E-state index contributed by atoms with van der Waals surface area (Å²) in [5.41, 5.74) is 0. The zero-order chi connectivity index (χ0) is 12.0. The Bertz CT molecular complexity index is 220. The Morgan fingerprint density at radius 1 is 1.56 bits per heavy atom. The highest BCUT2D eigenvalue weighted by Crippen LogP contribution is 2.19. The topological polar surface area (TPSA) is 49.8 Å². The summed E-state index contributed by atoms with van der Waals surface area (Å²) in [6.07, 6.45) is 2.44. The van der Waals surface area contributed by atoms with Gasteiger partial charge in [-0.05, 0) is 32.2 Å². The fourth-order valence-electron chi connectivity index (χ4n) is 2.23. The van der Waals surface area contributed by atoms with E-state index in [-0.39, 0.29) is 0 Å². The molecule has 1 saturated heterocycles. The van der Waals surface area contributed by atoms with Crippen LogP contribution < -0.4 is 0 Å². The first kappa shape index (κ1) is 13.5. The maximum Gasteiger partial charge on any atom is 0.332 e. The van der Waals surface area contributed by atoms with Gasteiger partial charge in [-0.1, -0.05) is 13.3 Å². The second-order valence-electron chi connectivity index (χ2n) is 4.43. The number of carboxylic acids is 1. The lowest BCUT2D eigenvalue weighted by Crippen LogP contribution is -2.30. The molecular formula is C12H23NO3. The van der Waals surface area contributed by atoms with Crippen LogP contribution in [0.25, 0.3) is 0 Å². The van der Waals surface area contributed by atoms with Crippen molar-refractivity contribution in [1.29, 1.82) is 0 Å². The fraction of sp³-hybridized carbons (Fsp3) is 0.917. The summed E-state index contributed by atoms with van der Waals surface area (Å²) < 4.78 is 5.19. The summed E-state index contributed by atoms with van der Waals surface area (Å²) in [6.45, 7) is 7.58. The molecule has 1 rings (SSSR count). The Labute approximate surface area is 97.6 Å². The molecule has 0 aromatic heterocycles. The molecule has 2 unspecified atom stereocenters. The Balaban J connectivity index is 2.24. The van der Waals surface area contributed by atoms with Crippen molar-refractivity contribution >= 4 is 5.97 Å². The van der Waals surface area contributed by atoms with Gasteiger partial charge in [-0.15, -0.1) is 0 Å². The van der Waals surface area contributed by atoms with E-state index in [1.807, 2.05) is 6.92 Å². The Kier molecular flexibility index (Phi) is 5.77. The van der Waals surface area contributed by atoms with Crippen LogP contribution in [0.2, 0.25) is 0 Å². The van der Waals surface area contributed by atoms with Crippen molar-refractivity contribution in [3.05, 3.63) is 0 Å². The van der Waals surface area contributed by atoms with Crippen molar-refractivity contribution in [2.45, 2.75) is 39.2 Å².